The molecule has 0 atom stereocenters. The van der Waals surface area contributed by atoms with Crippen LogP contribution >= 0.6 is 11.3 Å². The van der Waals surface area contributed by atoms with Crippen LogP contribution in [0.5, 0.6) is 0 Å². The first-order chi connectivity index (χ1) is 12.2. The molecule has 0 saturated heterocycles. The van der Waals surface area contributed by atoms with E-state index in [1.54, 1.807) is 23.5 Å². The summed E-state index contributed by atoms with van der Waals surface area (Å²) in [6.07, 6.45) is 1.44. The van der Waals surface area contributed by atoms with Crippen molar-refractivity contribution in [2.75, 3.05) is 5.32 Å². The fraction of sp³-hybridized carbons (Fsp3) is 0.200. The molecule has 0 fully saturated rings. The van der Waals surface area contributed by atoms with Crippen molar-refractivity contribution in [2.45, 2.75) is 26.3 Å². The molecule has 0 aliphatic heterocycles. The van der Waals surface area contributed by atoms with E-state index in [9.17, 15) is 9.18 Å². The molecule has 0 unspecified atom stereocenters. The van der Waals surface area contributed by atoms with Crippen LogP contribution in [0.3, 0.4) is 0 Å². The third kappa shape index (κ3) is 4.51. The number of benzene rings is 2. The Morgan fingerprint density at radius 2 is 1.84 bits per heavy atom. The van der Waals surface area contributed by atoms with Crippen LogP contribution in [0.15, 0.2) is 53.9 Å². The van der Waals surface area contributed by atoms with Gasteiger partial charge in [-0.15, -0.1) is 11.3 Å². The normalized spacial score (nSPS) is 10.6. The maximum atomic E-state index is 13.0. The summed E-state index contributed by atoms with van der Waals surface area (Å²) in [5.74, 6) is -0.0698. The van der Waals surface area contributed by atoms with Crippen molar-refractivity contribution >= 4 is 22.8 Å². The number of carbonyl (C=O) groups is 1. The number of aromatic nitrogens is 1. The molecule has 128 valence electrons. The standard InChI is InChI=1S/C20H19FN2OS/c1-2-3-19(24)15-6-10-17(11-7-15)22-12-20-23-18(13-25-20)14-4-8-16(21)9-5-14/h4-11,13,22H,2-3,12H2,1H3. The summed E-state index contributed by atoms with van der Waals surface area (Å²) in [5, 5.41) is 6.23. The Morgan fingerprint density at radius 1 is 1.12 bits per heavy atom. The summed E-state index contributed by atoms with van der Waals surface area (Å²) in [6, 6.07) is 13.9. The highest BCUT2D eigenvalue weighted by molar-refractivity contribution is 7.09. The SMILES string of the molecule is CCCC(=O)c1ccc(NCc2nc(-c3ccc(F)cc3)cs2)cc1. The summed E-state index contributed by atoms with van der Waals surface area (Å²) in [7, 11) is 0. The first kappa shape index (κ1) is 17.3. The minimum atomic E-state index is -0.248. The second kappa shape index (κ2) is 8.03. The molecule has 0 aliphatic carbocycles. The van der Waals surface area contributed by atoms with E-state index in [4.69, 9.17) is 0 Å². The van der Waals surface area contributed by atoms with Crippen molar-refractivity contribution < 1.29 is 9.18 Å². The second-order valence-corrected chi connectivity index (χ2v) is 6.68. The average Bonchev–Trinajstić information content (AvgIpc) is 3.10. The molecule has 2 aromatic carbocycles. The van der Waals surface area contributed by atoms with Gasteiger partial charge in [-0.05, 0) is 55.0 Å². The first-order valence-corrected chi connectivity index (χ1v) is 9.11. The molecule has 0 amide bonds. The molecule has 3 nitrogen and oxygen atoms in total. The van der Waals surface area contributed by atoms with Gasteiger partial charge in [-0.1, -0.05) is 6.92 Å². The molecule has 0 saturated carbocycles. The fourth-order valence-electron chi connectivity index (χ4n) is 2.47. The Bertz CT molecular complexity index is 841. The lowest BCUT2D eigenvalue weighted by Crippen LogP contribution is -2.01. The number of hydrogen-bond donors (Lipinski definition) is 1. The van der Waals surface area contributed by atoms with Gasteiger partial charge in [-0.25, -0.2) is 9.37 Å². The molecule has 1 heterocycles. The summed E-state index contributed by atoms with van der Waals surface area (Å²) < 4.78 is 13.0. The van der Waals surface area contributed by atoms with Gasteiger partial charge in [-0.2, -0.15) is 0 Å². The van der Waals surface area contributed by atoms with Gasteiger partial charge in [0.25, 0.3) is 0 Å². The maximum absolute atomic E-state index is 13.0. The van der Waals surface area contributed by atoms with Crippen molar-refractivity contribution in [1.82, 2.24) is 4.98 Å². The van der Waals surface area contributed by atoms with Gasteiger partial charge in [0.05, 0.1) is 12.2 Å². The van der Waals surface area contributed by atoms with E-state index in [1.807, 2.05) is 36.6 Å². The monoisotopic (exact) mass is 354 g/mol. The van der Waals surface area contributed by atoms with E-state index in [2.05, 4.69) is 10.3 Å². The molecule has 25 heavy (non-hydrogen) atoms. The third-order valence-electron chi connectivity index (χ3n) is 3.82. The van der Waals surface area contributed by atoms with E-state index in [1.165, 1.54) is 12.1 Å². The molecular formula is C20H19FN2OS. The van der Waals surface area contributed by atoms with E-state index in [-0.39, 0.29) is 11.6 Å². The highest BCUT2D eigenvalue weighted by Crippen LogP contribution is 2.23. The predicted octanol–water partition coefficient (Wildman–Crippen LogP) is 5.54. The number of rotatable bonds is 7. The minimum Gasteiger partial charge on any atom is -0.379 e. The third-order valence-corrected chi connectivity index (χ3v) is 4.67. The average molecular weight is 354 g/mol. The smallest absolute Gasteiger partial charge is 0.162 e. The molecule has 1 aromatic heterocycles. The number of Topliss-reactive ketones (excluding diaryl/α,β-unsaturated/α-hetero) is 1. The number of ketones is 1. The summed E-state index contributed by atoms with van der Waals surface area (Å²) in [4.78, 5) is 16.4. The molecule has 0 radical (unpaired) electrons. The highest BCUT2D eigenvalue weighted by Gasteiger charge is 2.06. The number of nitrogens with one attached hydrogen (secondary N) is 1. The number of hydrogen-bond acceptors (Lipinski definition) is 4. The Labute approximate surface area is 150 Å². The van der Waals surface area contributed by atoms with Gasteiger partial charge in [0, 0.05) is 28.6 Å². The van der Waals surface area contributed by atoms with Crippen LogP contribution in [0.1, 0.15) is 35.1 Å². The van der Waals surface area contributed by atoms with Crippen LogP contribution in [0.25, 0.3) is 11.3 Å². The van der Waals surface area contributed by atoms with Gasteiger partial charge >= 0.3 is 0 Å². The zero-order valence-electron chi connectivity index (χ0n) is 14.0. The van der Waals surface area contributed by atoms with Crippen molar-refractivity contribution in [3.63, 3.8) is 0 Å². The molecule has 3 aromatic rings. The van der Waals surface area contributed by atoms with Crippen molar-refractivity contribution in [3.8, 4) is 11.3 Å². The maximum Gasteiger partial charge on any atom is 0.162 e. The highest BCUT2D eigenvalue weighted by atomic mass is 32.1. The van der Waals surface area contributed by atoms with Crippen LogP contribution in [0.4, 0.5) is 10.1 Å². The van der Waals surface area contributed by atoms with Crippen molar-refractivity contribution in [3.05, 3.63) is 70.3 Å². The Kier molecular flexibility index (Phi) is 5.56. The lowest BCUT2D eigenvalue weighted by atomic mass is 10.1. The molecule has 0 bridgehead atoms. The Morgan fingerprint density at radius 3 is 2.52 bits per heavy atom. The van der Waals surface area contributed by atoms with Gasteiger partial charge < -0.3 is 5.32 Å². The largest absolute Gasteiger partial charge is 0.379 e. The second-order valence-electron chi connectivity index (χ2n) is 5.74. The van der Waals surface area contributed by atoms with E-state index >= 15 is 0 Å². The fourth-order valence-corrected chi connectivity index (χ4v) is 3.21. The van der Waals surface area contributed by atoms with Gasteiger partial charge in [-0.3, -0.25) is 4.79 Å². The molecule has 0 aliphatic rings. The molecular weight excluding hydrogens is 335 g/mol. The molecule has 3 rings (SSSR count). The van der Waals surface area contributed by atoms with Gasteiger partial charge in [0.2, 0.25) is 0 Å². The van der Waals surface area contributed by atoms with Crippen LogP contribution in [0, 0.1) is 5.82 Å². The minimum absolute atomic E-state index is 0.179. The Balaban J connectivity index is 1.60. The summed E-state index contributed by atoms with van der Waals surface area (Å²) in [5.41, 5.74) is 3.46. The number of anilines is 1. The first-order valence-electron chi connectivity index (χ1n) is 8.23. The van der Waals surface area contributed by atoms with E-state index in [0.717, 1.165) is 33.9 Å². The van der Waals surface area contributed by atoms with E-state index < -0.39 is 0 Å². The Hall–Kier alpha value is -2.53. The summed E-state index contributed by atoms with van der Waals surface area (Å²) >= 11 is 1.56. The zero-order chi connectivity index (χ0) is 17.6. The number of thiazole rings is 1. The number of halogens is 1. The number of nitrogens with zero attached hydrogens (tertiary/aromatic N) is 1. The topological polar surface area (TPSA) is 42.0 Å². The van der Waals surface area contributed by atoms with Crippen LogP contribution in [0.2, 0.25) is 0 Å². The van der Waals surface area contributed by atoms with E-state index in [0.29, 0.717) is 13.0 Å². The quantitative estimate of drug-likeness (QED) is 0.566. The lowest BCUT2D eigenvalue weighted by Gasteiger charge is -2.05. The van der Waals surface area contributed by atoms with Crippen molar-refractivity contribution in [1.29, 1.82) is 0 Å². The molecule has 0 spiro atoms. The summed E-state index contributed by atoms with van der Waals surface area (Å²) in [6.45, 7) is 2.61. The van der Waals surface area contributed by atoms with Crippen LogP contribution in [-0.2, 0) is 6.54 Å². The predicted molar refractivity (Wildman–Crippen MR) is 101 cm³/mol. The molecule has 5 heteroatoms. The van der Waals surface area contributed by atoms with Crippen molar-refractivity contribution in [2.24, 2.45) is 0 Å². The van der Waals surface area contributed by atoms with Gasteiger partial charge in [0.15, 0.2) is 5.78 Å². The van der Waals surface area contributed by atoms with Crippen LogP contribution in [-0.4, -0.2) is 10.8 Å². The van der Waals surface area contributed by atoms with Crippen LogP contribution < -0.4 is 5.32 Å². The zero-order valence-corrected chi connectivity index (χ0v) is 14.8. The molecule has 1 N–H and O–H groups in total. The number of carbonyl (C=O) groups excluding carboxylic acids is 1. The lowest BCUT2D eigenvalue weighted by molar-refractivity contribution is 0.0982. The van der Waals surface area contributed by atoms with Gasteiger partial charge in [0.1, 0.15) is 10.8 Å².